The van der Waals surface area contributed by atoms with Crippen LogP contribution in [0.4, 0.5) is 0 Å². The Morgan fingerprint density at radius 1 is 0.941 bits per heavy atom. The van der Waals surface area contributed by atoms with Crippen LogP contribution in [0.1, 0.15) is 12.5 Å². The first-order valence-corrected chi connectivity index (χ1v) is 5.49. The second-order valence-electron chi connectivity index (χ2n) is 4.26. The molecule has 2 heteroatoms. The second kappa shape index (κ2) is 4.40. The molecule has 0 saturated carbocycles. The van der Waals surface area contributed by atoms with Crippen molar-refractivity contribution in [1.29, 1.82) is 5.26 Å². The van der Waals surface area contributed by atoms with Crippen LogP contribution in [-0.2, 0) is 5.54 Å². The smallest absolute Gasteiger partial charge is 0.126 e. The van der Waals surface area contributed by atoms with Crippen molar-refractivity contribution in [2.24, 2.45) is 5.73 Å². The van der Waals surface area contributed by atoms with E-state index in [4.69, 9.17) is 11.0 Å². The average Bonchev–Trinajstić information content (AvgIpc) is 2.40. The summed E-state index contributed by atoms with van der Waals surface area (Å²) in [6.07, 6.45) is 0. The molecule has 0 amide bonds. The Hall–Kier alpha value is -2.11. The number of nitriles is 1. The summed E-state index contributed by atoms with van der Waals surface area (Å²) < 4.78 is 0. The standard InChI is InChI=1S/C15H14N2/c1-15(17,11-16)14-9-7-13(8-10-14)12-5-3-2-4-6-12/h2-10H,17H2,1H3. The molecular weight excluding hydrogens is 208 g/mol. The number of nitrogens with two attached hydrogens (primary N) is 1. The summed E-state index contributed by atoms with van der Waals surface area (Å²) in [5.41, 5.74) is 8.07. The lowest BCUT2D eigenvalue weighted by Gasteiger charge is -2.16. The van der Waals surface area contributed by atoms with Gasteiger partial charge in [0, 0.05) is 0 Å². The van der Waals surface area contributed by atoms with Gasteiger partial charge in [0.15, 0.2) is 0 Å². The highest BCUT2D eigenvalue weighted by Gasteiger charge is 2.19. The molecule has 17 heavy (non-hydrogen) atoms. The predicted octanol–water partition coefficient (Wildman–Crippen LogP) is 3.05. The second-order valence-corrected chi connectivity index (χ2v) is 4.26. The van der Waals surface area contributed by atoms with Crippen molar-refractivity contribution < 1.29 is 0 Å². The molecule has 0 bridgehead atoms. The Morgan fingerprint density at radius 2 is 1.47 bits per heavy atom. The minimum absolute atomic E-state index is 0.833. The minimum atomic E-state index is -0.921. The molecule has 0 saturated heterocycles. The fourth-order valence-electron chi connectivity index (χ4n) is 1.70. The van der Waals surface area contributed by atoms with E-state index in [0.717, 1.165) is 16.7 Å². The molecule has 0 aliphatic rings. The van der Waals surface area contributed by atoms with E-state index in [2.05, 4.69) is 18.2 Å². The van der Waals surface area contributed by atoms with Gasteiger partial charge in [-0.25, -0.2) is 0 Å². The van der Waals surface area contributed by atoms with E-state index >= 15 is 0 Å². The van der Waals surface area contributed by atoms with E-state index in [-0.39, 0.29) is 0 Å². The van der Waals surface area contributed by atoms with Gasteiger partial charge in [-0.15, -0.1) is 0 Å². The van der Waals surface area contributed by atoms with Crippen molar-refractivity contribution in [3.05, 3.63) is 60.2 Å². The first-order valence-electron chi connectivity index (χ1n) is 5.49. The van der Waals surface area contributed by atoms with Gasteiger partial charge < -0.3 is 5.73 Å². The molecule has 1 atom stereocenters. The number of hydrogen-bond acceptors (Lipinski definition) is 2. The van der Waals surface area contributed by atoms with Crippen molar-refractivity contribution >= 4 is 0 Å². The zero-order valence-electron chi connectivity index (χ0n) is 9.72. The molecule has 0 spiro atoms. The average molecular weight is 222 g/mol. The van der Waals surface area contributed by atoms with Gasteiger partial charge in [0.2, 0.25) is 0 Å². The first kappa shape index (κ1) is 11.4. The number of rotatable bonds is 2. The Labute approximate surface area is 101 Å². The molecule has 2 aromatic rings. The Bertz CT molecular complexity index is 533. The number of hydrogen-bond donors (Lipinski definition) is 1. The van der Waals surface area contributed by atoms with Crippen LogP contribution in [0.15, 0.2) is 54.6 Å². The van der Waals surface area contributed by atoms with Crippen LogP contribution in [-0.4, -0.2) is 0 Å². The Balaban J connectivity index is 2.35. The number of benzene rings is 2. The maximum atomic E-state index is 8.96. The van der Waals surface area contributed by atoms with Crippen molar-refractivity contribution in [3.8, 4) is 17.2 Å². The lowest BCUT2D eigenvalue weighted by atomic mass is 9.93. The minimum Gasteiger partial charge on any atom is -0.310 e. The van der Waals surface area contributed by atoms with Crippen LogP contribution in [0.3, 0.4) is 0 Å². The molecule has 0 radical (unpaired) electrons. The Kier molecular flexibility index (Phi) is 2.95. The highest BCUT2D eigenvalue weighted by Crippen LogP contribution is 2.23. The van der Waals surface area contributed by atoms with Crippen LogP contribution in [0.2, 0.25) is 0 Å². The molecule has 2 aromatic carbocycles. The molecule has 2 nitrogen and oxygen atoms in total. The van der Waals surface area contributed by atoms with E-state index in [1.165, 1.54) is 0 Å². The lowest BCUT2D eigenvalue weighted by molar-refractivity contribution is 0.647. The fourth-order valence-corrected chi connectivity index (χ4v) is 1.70. The maximum absolute atomic E-state index is 8.96. The largest absolute Gasteiger partial charge is 0.310 e. The van der Waals surface area contributed by atoms with Gasteiger partial charge in [-0.05, 0) is 23.6 Å². The molecule has 2 N–H and O–H groups in total. The van der Waals surface area contributed by atoms with Crippen molar-refractivity contribution in [2.45, 2.75) is 12.5 Å². The molecule has 0 aliphatic carbocycles. The van der Waals surface area contributed by atoms with Gasteiger partial charge in [0.25, 0.3) is 0 Å². The van der Waals surface area contributed by atoms with Crippen LogP contribution in [0, 0.1) is 11.3 Å². The molecule has 1 unspecified atom stereocenters. The molecule has 2 rings (SSSR count). The van der Waals surface area contributed by atoms with E-state index in [1.807, 2.05) is 42.5 Å². The molecule has 0 aromatic heterocycles. The van der Waals surface area contributed by atoms with Crippen LogP contribution >= 0.6 is 0 Å². The van der Waals surface area contributed by atoms with E-state index < -0.39 is 5.54 Å². The van der Waals surface area contributed by atoms with E-state index in [1.54, 1.807) is 6.92 Å². The topological polar surface area (TPSA) is 49.8 Å². The summed E-state index contributed by atoms with van der Waals surface area (Å²) in [5.74, 6) is 0. The summed E-state index contributed by atoms with van der Waals surface area (Å²) in [5, 5.41) is 8.96. The summed E-state index contributed by atoms with van der Waals surface area (Å²) in [6, 6.07) is 20.0. The third kappa shape index (κ3) is 2.35. The molecule has 0 heterocycles. The van der Waals surface area contributed by atoms with Gasteiger partial charge in [0.1, 0.15) is 5.54 Å². The van der Waals surface area contributed by atoms with Crippen molar-refractivity contribution in [2.75, 3.05) is 0 Å². The van der Waals surface area contributed by atoms with Gasteiger partial charge in [0.05, 0.1) is 6.07 Å². The first-order chi connectivity index (χ1) is 8.13. The van der Waals surface area contributed by atoms with Gasteiger partial charge in [-0.2, -0.15) is 5.26 Å². The molecule has 0 fully saturated rings. The SMILES string of the molecule is CC(N)(C#N)c1ccc(-c2ccccc2)cc1. The summed E-state index contributed by atoms with van der Waals surface area (Å²) in [6.45, 7) is 1.71. The fraction of sp³-hybridized carbons (Fsp3) is 0.133. The summed E-state index contributed by atoms with van der Waals surface area (Å²) in [4.78, 5) is 0. The van der Waals surface area contributed by atoms with Gasteiger partial charge >= 0.3 is 0 Å². The van der Waals surface area contributed by atoms with Gasteiger partial charge in [-0.3, -0.25) is 0 Å². The molecule has 0 aliphatic heterocycles. The van der Waals surface area contributed by atoms with E-state index in [0.29, 0.717) is 0 Å². The Morgan fingerprint density at radius 3 is 2.00 bits per heavy atom. The third-order valence-corrected chi connectivity index (χ3v) is 2.82. The van der Waals surface area contributed by atoms with Crippen LogP contribution < -0.4 is 5.73 Å². The highest BCUT2D eigenvalue weighted by atomic mass is 14.7. The summed E-state index contributed by atoms with van der Waals surface area (Å²) >= 11 is 0. The van der Waals surface area contributed by atoms with E-state index in [9.17, 15) is 0 Å². The van der Waals surface area contributed by atoms with Crippen LogP contribution in [0.5, 0.6) is 0 Å². The summed E-state index contributed by atoms with van der Waals surface area (Å²) in [7, 11) is 0. The zero-order chi connectivity index (χ0) is 12.3. The lowest BCUT2D eigenvalue weighted by Crippen LogP contribution is -2.30. The monoisotopic (exact) mass is 222 g/mol. The zero-order valence-corrected chi connectivity index (χ0v) is 9.72. The maximum Gasteiger partial charge on any atom is 0.126 e. The normalized spacial score (nSPS) is 13.7. The third-order valence-electron chi connectivity index (χ3n) is 2.82. The number of nitrogens with zero attached hydrogens (tertiary/aromatic N) is 1. The van der Waals surface area contributed by atoms with Crippen molar-refractivity contribution in [1.82, 2.24) is 0 Å². The predicted molar refractivity (Wildman–Crippen MR) is 69.0 cm³/mol. The van der Waals surface area contributed by atoms with Crippen LogP contribution in [0.25, 0.3) is 11.1 Å². The van der Waals surface area contributed by atoms with Gasteiger partial charge in [-0.1, -0.05) is 54.6 Å². The highest BCUT2D eigenvalue weighted by molar-refractivity contribution is 5.63. The quantitative estimate of drug-likeness (QED) is 0.849. The molecule has 84 valence electrons. The molecular formula is C15H14N2. The van der Waals surface area contributed by atoms with Crippen molar-refractivity contribution in [3.63, 3.8) is 0 Å².